The lowest BCUT2D eigenvalue weighted by Crippen LogP contribution is -2.42. The Morgan fingerprint density at radius 2 is 1.86 bits per heavy atom. The third-order valence-electron chi connectivity index (χ3n) is 4.01. The minimum Gasteiger partial charge on any atom is -0.493 e. The SMILES string of the molecule is COc1cc(N)c(NC(=O)CC2(OC)CCC2)cc1OC. The lowest BCUT2D eigenvalue weighted by Gasteiger charge is -2.39. The summed E-state index contributed by atoms with van der Waals surface area (Å²) >= 11 is 0. The molecule has 0 atom stereocenters. The Morgan fingerprint density at radius 3 is 2.33 bits per heavy atom. The molecule has 3 N–H and O–H groups in total. The van der Waals surface area contributed by atoms with Crippen LogP contribution in [0.4, 0.5) is 11.4 Å². The van der Waals surface area contributed by atoms with Crippen molar-refractivity contribution in [1.82, 2.24) is 0 Å². The number of benzene rings is 1. The van der Waals surface area contributed by atoms with Gasteiger partial charge in [0.25, 0.3) is 0 Å². The molecule has 1 aromatic rings. The molecule has 0 spiro atoms. The maximum atomic E-state index is 12.2. The highest BCUT2D eigenvalue weighted by Crippen LogP contribution is 2.39. The molecule has 21 heavy (non-hydrogen) atoms. The minimum atomic E-state index is -0.310. The summed E-state index contributed by atoms with van der Waals surface area (Å²) in [6.45, 7) is 0. The second kappa shape index (κ2) is 6.22. The molecule has 1 aliphatic rings. The second-order valence-corrected chi connectivity index (χ2v) is 5.26. The van der Waals surface area contributed by atoms with Crippen molar-refractivity contribution in [2.24, 2.45) is 0 Å². The fraction of sp³-hybridized carbons (Fsp3) is 0.533. The average Bonchev–Trinajstić information content (AvgIpc) is 2.44. The molecule has 1 aliphatic carbocycles. The summed E-state index contributed by atoms with van der Waals surface area (Å²) in [7, 11) is 4.72. The van der Waals surface area contributed by atoms with Crippen LogP contribution in [0.25, 0.3) is 0 Å². The number of anilines is 2. The monoisotopic (exact) mass is 294 g/mol. The fourth-order valence-electron chi connectivity index (χ4n) is 2.51. The van der Waals surface area contributed by atoms with E-state index in [1.54, 1.807) is 19.2 Å². The van der Waals surface area contributed by atoms with E-state index in [0.717, 1.165) is 19.3 Å². The van der Waals surface area contributed by atoms with Crippen LogP contribution in [0.3, 0.4) is 0 Å². The van der Waals surface area contributed by atoms with Crippen LogP contribution in [-0.4, -0.2) is 32.8 Å². The van der Waals surface area contributed by atoms with Crippen molar-refractivity contribution < 1.29 is 19.0 Å². The number of ether oxygens (including phenoxy) is 3. The van der Waals surface area contributed by atoms with Gasteiger partial charge < -0.3 is 25.3 Å². The molecule has 1 aromatic carbocycles. The number of hydrogen-bond acceptors (Lipinski definition) is 5. The van der Waals surface area contributed by atoms with Gasteiger partial charge in [0.2, 0.25) is 5.91 Å². The van der Waals surface area contributed by atoms with Crippen LogP contribution in [0, 0.1) is 0 Å². The van der Waals surface area contributed by atoms with E-state index in [-0.39, 0.29) is 11.5 Å². The predicted octanol–water partition coefficient (Wildman–Crippen LogP) is 2.18. The minimum absolute atomic E-state index is 0.115. The predicted molar refractivity (Wildman–Crippen MR) is 80.8 cm³/mol. The Kier molecular flexibility index (Phi) is 4.57. The van der Waals surface area contributed by atoms with E-state index in [1.807, 2.05) is 0 Å². The van der Waals surface area contributed by atoms with E-state index in [0.29, 0.717) is 29.3 Å². The molecule has 0 bridgehead atoms. The first-order valence-electron chi connectivity index (χ1n) is 6.90. The quantitative estimate of drug-likeness (QED) is 0.786. The van der Waals surface area contributed by atoms with Crippen molar-refractivity contribution in [3.05, 3.63) is 12.1 Å². The van der Waals surface area contributed by atoms with Crippen molar-refractivity contribution in [3.63, 3.8) is 0 Å². The summed E-state index contributed by atoms with van der Waals surface area (Å²) in [5.41, 5.74) is 6.57. The Hall–Kier alpha value is -1.95. The van der Waals surface area contributed by atoms with Gasteiger partial charge in [-0.15, -0.1) is 0 Å². The third-order valence-corrected chi connectivity index (χ3v) is 4.01. The summed E-state index contributed by atoms with van der Waals surface area (Å²) in [5.74, 6) is 0.933. The first-order valence-corrected chi connectivity index (χ1v) is 6.90. The van der Waals surface area contributed by atoms with Gasteiger partial charge in [0.15, 0.2) is 11.5 Å². The van der Waals surface area contributed by atoms with Crippen molar-refractivity contribution in [2.75, 3.05) is 32.4 Å². The number of carbonyl (C=O) groups is 1. The van der Waals surface area contributed by atoms with E-state index >= 15 is 0 Å². The molecule has 6 nitrogen and oxygen atoms in total. The van der Waals surface area contributed by atoms with Crippen LogP contribution in [0.15, 0.2) is 12.1 Å². The molecule has 1 fully saturated rings. The first kappa shape index (κ1) is 15.4. The number of hydrogen-bond donors (Lipinski definition) is 2. The topological polar surface area (TPSA) is 82.8 Å². The zero-order valence-electron chi connectivity index (χ0n) is 12.7. The van der Waals surface area contributed by atoms with Gasteiger partial charge in [-0.05, 0) is 19.3 Å². The Labute approximate surface area is 124 Å². The van der Waals surface area contributed by atoms with E-state index in [9.17, 15) is 4.79 Å². The molecule has 0 radical (unpaired) electrons. The summed E-state index contributed by atoms with van der Waals surface area (Å²) in [6, 6.07) is 3.29. The number of nitrogen functional groups attached to an aromatic ring is 1. The Balaban J connectivity index is 2.10. The number of methoxy groups -OCH3 is 3. The lowest BCUT2D eigenvalue weighted by molar-refractivity contribution is -0.129. The lowest BCUT2D eigenvalue weighted by atomic mass is 9.77. The molecular weight excluding hydrogens is 272 g/mol. The Bertz CT molecular complexity index is 521. The van der Waals surface area contributed by atoms with Gasteiger partial charge >= 0.3 is 0 Å². The number of nitrogens with one attached hydrogen (secondary N) is 1. The van der Waals surface area contributed by atoms with E-state index < -0.39 is 0 Å². The number of amides is 1. The Morgan fingerprint density at radius 1 is 1.24 bits per heavy atom. The number of carbonyl (C=O) groups excluding carboxylic acids is 1. The third kappa shape index (κ3) is 3.21. The van der Waals surface area contributed by atoms with Gasteiger partial charge in [0, 0.05) is 19.2 Å². The fourth-order valence-corrected chi connectivity index (χ4v) is 2.51. The maximum absolute atomic E-state index is 12.2. The second-order valence-electron chi connectivity index (χ2n) is 5.26. The van der Waals surface area contributed by atoms with Crippen molar-refractivity contribution in [3.8, 4) is 11.5 Å². The first-order chi connectivity index (χ1) is 10.0. The van der Waals surface area contributed by atoms with Crippen LogP contribution >= 0.6 is 0 Å². The van der Waals surface area contributed by atoms with Crippen LogP contribution in [0.5, 0.6) is 11.5 Å². The van der Waals surface area contributed by atoms with Gasteiger partial charge in [-0.1, -0.05) is 0 Å². The molecule has 2 rings (SSSR count). The van der Waals surface area contributed by atoms with Crippen molar-refractivity contribution in [1.29, 1.82) is 0 Å². The molecule has 0 aromatic heterocycles. The normalized spacial score (nSPS) is 16.0. The summed E-state index contributed by atoms with van der Waals surface area (Å²) < 4.78 is 15.8. The van der Waals surface area contributed by atoms with E-state index in [4.69, 9.17) is 19.9 Å². The smallest absolute Gasteiger partial charge is 0.227 e. The van der Waals surface area contributed by atoms with E-state index in [2.05, 4.69) is 5.32 Å². The van der Waals surface area contributed by atoms with Gasteiger partial charge in [-0.25, -0.2) is 0 Å². The van der Waals surface area contributed by atoms with Crippen LogP contribution in [-0.2, 0) is 9.53 Å². The van der Waals surface area contributed by atoms with Gasteiger partial charge in [-0.2, -0.15) is 0 Å². The molecule has 1 saturated carbocycles. The zero-order chi connectivity index (χ0) is 15.5. The van der Waals surface area contributed by atoms with Gasteiger partial charge in [0.1, 0.15) is 0 Å². The van der Waals surface area contributed by atoms with Crippen molar-refractivity contribution >= 4 is 17.3 Å². The van der Waals surface area contributed by atoms with Crippen LogP contribution in [0.2, 0.25) is 0 Å². The van der Waals surface area contributed by atoms with Crippen LogP contribution in [0.1, 0.15) is 25.7 Å². The standard InChI is InChI=1S/C15H22N2O4/c1-19-12-7-10(16)11(8-13(12)20-2)17-14(18)9-15(21-3)5-4-6-15/h7-8H,4-6,9,16H2,1-3H3,(H,17,18). The molecule has 6 heteroatoms. The molecule has 1 amide bonds. The highest BCUT2D eigenvalue weighted by atomic mass is 16.5. The van der Waals surface area contributed by atoms with Gasteiger partial charge in [0.05, 0.1) is 37.6 Å². The van der Waals surface area contributed by atoms with E-state index in [1.165, 1.54) is 14.2 Å². The summed E-state index contributed by atoms with van der Waals surface area (Å²) in [5, 5.41) is 2.81. The highest BCUT2D eigenvalue weighted by molar-refractivity contribution is 5.95. The van der Waals surface area contributed by atoms with Crippen molar-refractivity contribution in [2.45, 2.75) is 31.3 Å². The molecule has 0 heterocycles. The summed E-state index contributed by atoms with van der Waals surface area (Å²) in [6.07, 6.45) is 3.26. The molecule has 0 unspecified atom stereocenters. The number of rotatable bonds is 6. The van der Waals surface area contributed by atoms with Crippen LogP contribution < -0.4 is 20.5 Å². The maximum Gasteiger partial charge on any atom is 0.227 e. The largest absolute Gasteiger partial charge is 0.493 e. The highest BCUT2D eigenvalue weighted by Gasteiger charge is 2.39. The number of nitrogens with two attached hydrogens (primary N) is 1. The zero-order valence-corrected chi connectivity index (χ0v) is 12.7. The molecular formula is C15H22N2O4. The van der Waals surface area contributed by atoms with Gasteiger partial charge in [-0.3, -0.25) is 4.79 Å². The molecule has 0 aliphatic heterocycles. The summed E-state index contributed by atoms with van der Waals surface area (Å²) in [4.78, 5) is 12.2. The molecule has 116 valence electrons. The average molecular weight is 294 g/mol. The molecule has 0 saturated heterocycles.